The minimum absolute atomic E-state index is 0.238. The first-order chi connectivity index (χ1) is 8.94. The Morgan fingerprint density at radius 1 is 1.11 bits per heavy atom. The zero-order valence-electron chi connectivity index (χ0n) is 13.2. The van der Waals surface area contributed by atoms with Crippen molar-refractivity contribution in [3.8, 4) is 0 Å². The Morgan fingerprint density at radius 3 is 2.26 bits per heavy atom. The van der Waals surface area contributed by atoms with E-state index in [0.717, 1.165) is 6.42 Å². The molecule has 0 fully saturated rings. The van der Waals surface area contributed by atoms with Gasteiger partial charge in [0.15, 0.2) is 8.32 Å². The summed E-state index contributed by atoms with van der Waals surface area (Å²) in [7, 11) is -1.51. The SMILES string of the molecule is C=CCCCCCC[Si](C)(C)OC1C=C(C)C(C)=C1. The third-order valence-corrected chi connectivity index (χ3v) is 6.31. The van der Waals surface area contributed by atoms with Gasteiger partial charge in [-0.25, -0.2) is 0 Å². The molecular formula is C17H30OSi. The summed E-state index contributed by atoms with van der Waals surface area (Å²) in [5, 5.41) is 0. The molecule has 19 heavy (non-hydrogen) atoms. The highest BCUT2D eigenvalue weighted by Crippen LogP contribution is 2.25. The molecule has 108 valence electrons. The summed E-state index contributed by atoms with van der Waals surface area (Å²) in [5.41, 5.74) is 2.75. The van der Waals surface area contributed by atoms with Crippen molar-refractivity contribution < 1.29 is 4.43 Å². The van der Waals surface area contributed by atoms with Crippen molar-refractivity contribution in [2.75, 3.05) is 0 Å². The van der Waals surface area contributed by atoms with E-state index in [1.807, 2.05) is 6.08 Å². The molecule has 0 saturated carbocycles. The number of rotatable bonds is 9. The van der Waals surface area contributed by atoms with Gasteiger partial charge < -0.3 is 4.43 Å². The summed E-state index contributed by atoms with van der Waals surface area (Å²) in [4.78, 5) is 0. The molecule has 0 aromatic rings. The van der Waals surface area contributed by atoms with Gasteiger partial charge in [0.05, 0.1) is 6.10 Å². The van der Waals surface area contributed by atoms with E-state index in [4.69, 9.17) is 4.43 Å². The summed E-state index contributed by atoms with van der Waals surface area (Å²) in [5.74, 6) is 0. The molecule has 0 N–H and O–H groups in total. The van der Waals surface area contributed by atoms with Crippen molar-refractivity contribution in [3.05, 3.63) is 36.0 Å². The lowest BCUT2D eigenvalue weighted by molar-refractivity contribution is 0.285. The van der Waals surface area contributed by atoms with Crippen LogP contribution in [-0.2, 0) is 4.43 Å². The van der Waals surface area contributed by atoms with Gasteiger partial charge in [0.1, 0.15) is 0 Å². The summed E-state index contributed by atoms with van der Waals surface area (Å²) in [6.45, 7) is 12.8. The van der Waals surface area contributed by atoms with Gasteiger partial charge in [0.2, 0.25) is 0 Å². The smallest absolute Gasteiger partial charge is 0.188 e. The molecule has 0 aromatic heterocycles. The number of hydrogen-bond acceptors (Lipinski definition) is 1. The number of unbranched alkanes of at least 4 members (excludes halogenated alkanes) is 4. The largest absolute Gasteiger partial charge is 0.408 e. The molecule has 0 aliphatic heterocycles. The summed E-state index contributed by atoms with van der Waals surface area (Å²) >= 11 is 0. The normalized spacial score (nSPS) is 16.4. The van der Waals surface area contributed by atoms with E-state index in [1.54, 1.807) is 0 Å². The van der Waals surface area contributed by atoms with E-state index in [9.17, 15) is 0 Å². The van der Waals surface area contributed by atoms with Crippen molar-refractivity contribution >= 4 is 8.32 Å². The average Bonchev–Trinajstić information content (AvgIpc) is 2.62. The van der Waals surface area contributed by atoms with Crippen molar-refractivity contribution in [2.45, 2.75) is 71.2 Å². The Hall–Kier alpha value is -0.603. The molecule has 1 aliphatic rings. The molecule has 0 amide bonds. The second kappa shape index (κ2) is 7.86. The Balaban J connectivity index is 2.23. The predicted octanol–water partition coefficient (Wildman–Crippen LogP) is 5.62. The maximum Gasteiger partial charge on any atom is 0.188 e. The molecule has 1 aliphatic carbocycles. The highest BCUT2D eigenvalue weighted by molar-refractivity contribution is 6.71. The molecule has 0 spiro atoms. The van der Waals surface area contributed by atoms with E-state index in [0.29, 0.717) is 0 Å². The minimum atomic E-state index is -1.51. The summed E-state index contributed by atoms with van der Waals surface area (Å²) in [6, 6.07) is 1.28. The molecule has 2 heteroatoms. The van der Waals surface area contributed by atoms with E-state index >= 15 is 0 Å². The first kappa shape index (κ1) is 16.5. The topological polar surface area (TPSA) is 9.23 Å². The quantitative estimate of drug-likeness (QED) is 0.302. The first-order valence-corrected chi connectivity index (χ1v) is 10.7. The van der Waals surface area contributed by atoms with Crippen molar-refractivity contribution in [1.29, 1.82) is 0 Å². The molecule has 0 unspecified atom stereocenters. The molecule has 0 aromatic carbocycles. The molecule has 0 atom stereocenters. The van der Waals surface area contributed by atoms with Gasteiger partial charge in [0.25, 0.3) is 0 Å². The van der Waals surface area contributed by atoms with Crippen LogP contribution in [0, 0.1) is 0 Å². The maximum atomic E-state index is 6.34. The Kier molecular flexibility index (Phi) is 6.80. The highest BCUT2D eigenvalue weighted by atomic mass is 28.4. The summed E-state index contributed by atoms with van der Waals surface area (Å²) < 4.78 is 6.34. The van der Waals surface area contributed by atoms with E-state index in [2.05, 4.69) is 45.7 Å². The standard InChI is InChI=1S/C17H30OSi/c1-6-7-8-9-10-11-12-19(4,5)18-17-13-15(2)16(3)14-17/h6,13-14,17H,1,7-12H2,2-5H3. The third kappa shape index (κ3) is 6.39. The van der Waals surface area contributed by atoms with Gasteiger partial charge in [-0.3, -0.25) is 0 Å². The van der Waals surface area contributed by atoms with E-state index in [1.165, 1.54) is 42.9 Å². The lowest BCUT2D eigenvalue weighted by Gasteiger charge is -2.25. The van der Waals surface area contributed by atoms with E-state index in [-0.39, 0.29) is 6.10 Å². The van der Waals surface area contributed by atoms with Gasteiger partial charge in [-0.1, -0.05) is 25.3 Å². The van der Waals surface area contributed by atoms with Crippen LogP contribution in [0.25, 0.3) is 0 Å². The van der Waals surface area contributed by atoms with Crippen LogP contribution in [0.3, 0.4) is 0 Å². The van der Waals surface area contributed by atoms with E-state index < -0.39 is 8.32 Å². The minimum Gasteiger partial charge on any atom is -0.408 e. The zero-order chi connectivity index (χ0) is 14.3. The fourth-order valence-electron chi connectivity index (χ4n) is 2.49. The molecule has 1 nitrogen and oxygen atoms in total. The molecular weight excluding hydrogens is 248 g/mol. The van der Waals surface area contributed by atoms with Gasteiger partial charge >= 0.3 is 0 Å². The van der Waals surface area contributed by atoms with Crippen LogP contribution in [0.15, 0.2) is 36.0 Å². The zero-order valence-corrected chi connectivity index (χ0v) is 14.2. The number of hydrogen-bond donors (Lipinski definition) is 0. The van der Waals surface area contributed by atoms with Crippen LogP contribution < -0.4 is 0 Å². The molecule has 0 heterocycles. The Bertz CT molecular complexity index is 334. The fraction of sp³-hybridized carbons (Fsp3) is 0.647. The lowest BCUT2D eigenvalue weighted by Crippen LogP contribution is -2.33. The predicted molar refractivity (Wildman–Crippen MR) is 88.0 cm³/mol. The fourth-order valence-corrected chi connectivity index (χ4v) is 4.58. The molecule has 0 bridgehead atoms. The Morgan fingerprint density at radius 2 is 1.68 bits per heavy atom. The maximum absolute atomic E-state index is 6.34. The second-order valence-corrected chi connectivity index (χ2v) is 10.5. The molecule has 0 saturated heterocycles. The molecule has 1 rings (SSSR count). The Labute approximate surface area is 120 Å². The monoisotopic (exact) mass is 278 g/mol. The highest BCUT2D eigenvalue weighted by Gasteiger charge is 2.26. The first-order valence-electron chi connectivity index (χ1n) is 7.60. The second-order valence-electron chi connectivity index (χ2n) is 6.28. The summed E-state index contributed by atoms with van der Waals surface area (Å²) in [6.07, 6.45) is 13.2. The van der Waals surface area contributed by atoms with Crippen LogP contribution in [0.4, 0.5) is 0 Å². The van der Waals surface area contributed by atoms with Gasteiger partial charge in [-0.05, 0) is 69.1 Å². The van der Waals surface area contributed by atoms with Crippen molar-refractivity contribution in [2.24, 2.45) is 0 Å². The number of allylic oxidation sites excluding steroid dienone is 3. The average molecular weight is 279 g/mol. The van der Waals surface area contributed by atoms with Crippen LogP contribution in [0.5, 0.6) is 0 Å². The van der Waals surface area contributed by atoms with Crippen LogP contribution >= 0.6 is 0 Å². The van der Waals surface area contributed by atoms with Crippen LogP contribution in [-0.4, -0.2) is 14.4 Å². The van der Waals surface area contributed by atoms with Gasteiger partial charge in [-0.15, -0.1) is 6.58 Å². The van der Waals surface area contributed by atoms with Crippen molar-refractivity contribution in [1.82, 2.24) is 0 Å². The molecule has 0 radical (unpaired) electrons. The van der Waals surface area contributed by atoms with Gasteiger partial charge in [-0.2, -0.15) is 0 Å². The van der Waals surface area contributed by atoms with Crippen molar-refractivity contribution in [3.63, 3.8) is 0 Å². The van der Waals surface area contributed by atoms with Crippen LogP contribution in [0.1, 0.15) is 46.0 Å². The lowest BCUT2D eigenvalue weighted by atomic mass is 10.1. The van der Waals surface area contributed by atoms with Gasteiger partial charge in [0, 0.05) is 0 Å². The van der Waals surface area contributed by atoms with Crippen LogP contribution in [0.2, 0.25) is 19.1 Å². The third-order valence-electron chi connectivity index (χ3n) is 3.84.